The zero-order valence-electron chi connectivity index (χ0n) is 30.6. The third-order valence-corrected chi connectivity index (χ3v) is 8.62. The Hall–Kier alpha value is -3.83. The minimum atomic E-state index is -1.60. The highest BCUT2D eigenvalue weighted by Gasteiger charge is 2.37. The van der Waals surface area contributed by atoms with Gasteiger partial charge in [-0.05, 0) is 43.9 Å². The van der Waals surface area contributed by atoms with Crippen LogP contribution in [0, 0.1) is 23.7 Å². The minimum absolute atomic E-state index is 0.0102. The van der Waals surface area contributed by atoms with E-state index in [2.05, 4.69) is 5.32 Å². The summed E-state index contributed by atoms with van der Waals surface area (Å²) >= 11 is 0. The predicted octanol–water partition coefficient (Wildman–Crippen LogP) is 2.35. The van der Waals surface area contributed by atoms with Crippen molar-refractivity contribution in [2.24, 2.45) is 23.7 Å². The zero-order chi connectivity index (χ0) is 40.0. The maximum Gasteiger partial charge on any atom is 0.307 e. The van der Waals surface area contributed by atoms with Gasteiger partial charge >= 0.3 is 35.8 Å². The van der Waals surface area contributed by atoms with Crippen molar-refractivity contribution in [2.45, 2.75) is 148 Å². The Balaban J connectivity index is 5.89. The Morgan fingerprint density at radius 3 is 1.54 bits per heavy atom. The zero-order valence-corrected chi connectivity index (χ0v) is 30.6. The molecule has 9 atom stereocenters. The predicted molar refractivity (Wildman–Crippen MR) is 183 cm³/mol. The number of nitrogens with one attached hydrogen (secondary N) is 1. The molecule has 0 saturated carbocycles. The van der Waals surface area contributed by atoms with Crippen LogP contribution in [0.1, 0.15) is 118 Å². The topological polar surface area (TPSA) is 292 Å². The first-order chi connectivity index (χ1) is 24.2. The number of ether oxygens (including phenoxy) is 2. The van der Waals surface area contributed by atoms with E-state index >= 15 is 0 Å². The van der Waals surface area contributed by atoms with Crippen molar-refractivity contribution in [3.63, 3.8) is 0 Å². The molecule has 300 valence electrons. The Kier molecular flexibility index (Phi) is 24.1. The van der Waals surface area contributed by atoms with Crippen LogP contribution in [0.4, 0.5) is 0 Å². The van der Waals surface area contributed by atoms with Crippen LogP contribution in [0.15, 0.2) is 0 Å². The summed E-state index contributed by atoms with van der Waals surface area (Å²) in [5.41, 5.74) is 0. The molecule has 17 heteroatoms. The number of amides is 1. The average Bonchev–Trinajstić information content (AvgIpc) is 3.01. The third kappa shape index (κ3) is 22.9. The third-order valence-electron chi connectivity index (χ3n) is 8.62. The maximum atomic E-state index is 13.1. The molecule has 8 N–H and O–H groups in total. The minimum Gasteiger partial charge on any atom is -0.481 e. The van der Waals surface area contributed by atoms with Gasteiger partial charge in [0, 0.05) is 19.9 Å². The van der Waals surface area contributed by atoms with Crippen molar-refractivity contribution in [1.82, 2.24) is 5.32 Å². The van der Waals surface area contributed by atoms with E-state index < -0.39 is 110 Å². The molecule has 1 amide bonds. The fourth-order valence-electron chi connectivity index (χ4n) is 5.84. The number of aliphatic hydroxyl groups is 3. The second-order valence-corrected chi connectivity index (χ2v) is 13.8. The van der Waals surface area contributed by atoms with Gasteiger partial charge in [0.25, 0.3) is 0 Å². The number of unbranched alkanes of at least 4 members (excludes halogenated alkanes) is 2. The van der Waals surface area contributed by atoms with Gasteiger partial charge in [-0.1, -0.05) is 46.5 Å². The summed E-state index contributed by atoms with van der Waals surface area (Å²) < 4.78 is 11.4. The van der Waals surface area contributed by atoms with E-state index in [0.29, 0.717) is 38.5 Å². The Morgan fingerprint density at radius 2 is 1.10 bits per heavy atom. The van der Waals surface area contributed by atoms with Crippen molar-refractivity contribution in [2.75, 3.05) is 6.54 Å². The molecule has 0 aromatic carbocycles. The van der Waals surface area contributed by atoms with Crippen molar-refractivity contribution in [3.8, 4) is 0 Å². The number of hydrogen-bond acceptors (Lipinski definition) is 12. The lowest BCUT2D eigenvalue weighted by molar-refractivity contribution is -0.177. The van der Waals surface area contributed by atoms with Gasteiger partial charge in [0.1, 0.15) is 12.2 Å². The van der Waals surface area contributed by atoms with Gasteiger partial charge in [-0.25, -0.2) is 0 Å². The summed E-state index contributed by atoms with van der Waals surface area (Å²) in [4.78, 5) is 82.7. The monoisotopic (exact) mass is 749 g/mol. The van der Waals surface area contributed by atoms with E-state index in [1.54, 1.807) is 13.8 Å². The van der Waals surface area contributed by atoms with Crippen molar-refractivity contribution in [1.29, 1.82) is 0 Å². The highest BCUT2D eigenvalue weighted by Crippen LogP contribution is 2.29. The fourth-order valence-corrected chi connectivity index (χ4v) is 5.84. The molecule has 0 aliphatic carbocycles. The molecule has 0 aromatic heterocycles. The molecule has 0 rings (SSSR count). The average molecular weight is 750 g/mol. The van der Waals surface area contributed by atoms with Crippen LogP contribution in [0.2, 0.25) is 0 Å². The van der Waals surface area contributed by atoms with Crippen LogP contribution in [-0.2, 0) is 43.0 Å². The lowest BCUT2D eigenvalue weighted by Gasteiger charge is -2.33. The van der Waals surface area contributed by atoms with Gasteiger partial charge < -0.3 is 50.5 Å². The van der Waals surface area contributed by atoms with Gasteiger partial charge in [-0.3, -0.25) is 33.6 Å². The van der Waals surface area contributed by atoms with E-state index in [1.807, 2.05) is 6.92 Å². The molecule has 0 heterocycles. The maximum absolute atomic E-state index is 13.1. The molecule has 0 bridgehead atoms. The van der Waals surface area contributed by atoms with Gasteiger partial charge in [-0.15, -0.1) is 0 Å². The molecular formula is C35H59NO16. The van der Waals surface area contributed by atoms with E-state index in [1.165, 1.54) is 6.92 Å². The van der Waals surface area contributed by atoms with Crippen molar-refractivity contribution >= 4 is 41.7 Å². The number of carbonyl (C=O) groups excluding carboxylic acids is 3. The number of carbonyl (C=O) groups is 7. The van der Waals surface area contributed by atoms with Crippen LogP contribution in [0.3, 0.4) is 0 Å². The SMILES string of the molecule is CCCC[C@H](C)[C@H](OC(=O)C[C@@H](CC(=O)O)C(=O)O)[C@H](C[C@H](C)C[C@H](O)CCCC[C@H](O)C[C@H](O)CNC(C)=O)OC(=O)C[C@@H](CC(=O)O)C(=O)O. The Labute approximate surface area is 304 Å². The number of aliphatic carboxylic acids is 4. The van der Waals surface area contributed by atoms with E-state index in [9.17, 15) is 59.1 Å². The molecule has 0 aliphatic heterocycles. The Morgan fingerprint density at radius 1 is 0.615 bits per heavy atom. The van der Waals surface area contributed by atoms with Gasteiger partial charge in [0.05, 0.1) is 55.8 Å². The smallest absolute Gasteiger partial charge is 0.307 e. The molecule has 0 aromatic rings. The lowest BCUT2D eigenvalue weighted by Crippen LogP contribution is -2.42. The summed E-state index contributed by atoms with van der Waals surface area (Å²) in [6.45, 7) is 6.73. The van der Waals surface area contributed by atoms with Crippen LogP contribution in [-0.4, -0.2) is 115 Å². The summed E-state index contributed by atoms with van der Waals surface area (Å²) in [6.07, 6.45) is -4.26. The summed E-state index contributed by atoms with van der Waals surface area (Å²) in [5.74, 6) is -12.4. The first-order valence-electron chi connectivity index (χ1n) is 17.8. The number of carboxylic acids is 4. The second-order valence-electron chi connectivity index (χ2n) is 13.8. The number of esters is 2. The molecule has 17 nitrogen and oxygen atoms in total. The first kappa shape index (κ1) is 48.2. The first-order valence-corrected chi connectivity index (χ1v) is 17.8. The molecule has 0 saturated heterocycles. The molecular weight excluding hydrogens is 690 g/mol. The molecule has 0 fully saturated rings. The second kappa shape index (κ2) is 26.0. The quantitative estimate of drug-likeness (QED) is 0.0386. The van der Waals surface area contributed by atoms with E-state index in [-0.39, 0.29) is 37.6 Å². The molecule has 0 unspecified atom stereocenters. The summed E-state index contributed by atoms with van der Waals surface area (Å²) in [7, 11) is 0. The number of aliphatic hydroxyl groups excluding tert-OH is 3. The highest BCUT2D eigenvalue weighted by molar-refractivity contribution is 5.84. The summed E-state index contributed by atoms with van der Waals surface area (Å²) in [6, 6.07) is 0. The van der Waals surface area contributed by atoms with Crippen molar-refractivity contribution < 1.29 is 78.8 Å². The van der Waals surface area contributed by atoms with E-state index in [0.717, 1.165) is 6.42 Å². The van der Waals surface area contributed by atoms with Gasteiger partial charge in [-0.2, -0.15) is 0 Å². The van der Waals surface area contributed by atoms with Crippen LogP contribution in [0.25, 0.3) is 0 Å². The molecule has 0 aliphatic rings. The van der Waals surface area contributed by atoms with Gasteiger partial charge in [0.15, 0.2) is 0 Å². The van der Waals surface area contributed by atoms with Crippen LogP contribution >= 0.6 is 0 Å². The van der Waals surface area contributed by atoms with Crippen LogP contribution in [0.5, 0.6) is 0 Å². The largest absolute Gasteiger partial charge is 0.481 e. The molecule has 0 radical (unpaired) electrons. The summed E-state index contributed by atoms with van der Waals surface area (Å²) in [5, 5.41) is 70.5. The Bertz CT molecular complexity index is 1150. The van der Waals surface area contributed by atoms with E-state index in [4.69, 9.17) is 19.7 Å². The number of rotatable bonds is 30. The lowest BCUT2D eigenvalue weighted by atomic mass is 9.87. The number of carboxylic acid groups (broad SMARTS) is 4. The van der Waals surface area contributed by atoms with Crippen LogP contribution < -0.4 is 5.32 Å². The van der Waals surface area contributed by atoms with Crippen molar-refractivity contribution in [3.05, 3.63) is 0 Å². The van der Waals surface area contributed by atoms with Gasteiger partial charge in [0.2, 0.25) is 5.91 Å². The fraction of sp³-hybridized carbons (Fsp3) is 0.800. The highest BCUT2D eigenvalue weighted by atomic mass is 16.6. The normalized spacial score (nSPS) is 16.5. The molecule has 52 heavy (non-hydrogen) atoms. The standard InChI is InChI=1S/C35H59NO16/c1-5-6-9-21(3)33(52-32(46)17-24(35(49)50)15-30(43)44)28(51-31(45)16-23(34(47)48)14-29(41)42)13-20(2)12-25(38)10-7-8-11-26(39)18-27(40)19-36-22(4)37/h20-21,23-28,33,38-40H,5-19H2,1-4H3,(H,36,37)(H,41,42)(H,43,44)(H,47,48)(H,49,50)/t20-,21+,23-,24-,25-,26+,27+,28+,33+/m1/s1. The number of hydrogen-bond donors (Lipinski definition) is 8. The molecule has 0 spiro atoms.